The van der Waals surface area contributed by atoms with Crippen LogP contribution in [0.1, 0.15) is 32.6 Å². The number of rotatable bonds is 3. The van der Waals surface area contributed by atoms with Gasteiger partial charge in [-0.2, -0.15) is 11.8 Å². The predicted molar refractivity (Wildman–Crippen MR) is 68.6 cm³/mol. The molecular weight excluding hydrogens is 204 g/mol. The quantitative estimate of drug-likeness (QED) is 0.795. The molecule has 0 bridgehead atoms. The Morgan fingerprint density at radius 3 is 2.93 bits per heavy atom. The highest BCUT2D eigenvalue weighted by Gasteiger charge is 2.30. The van der Waals surface area contributed by atoms with Gasteiger partial charge in [0.1, 0.15) is 0 Å². The number of hydrogen-bond donors (Lipinski definition) is 1. The second kappa shape index (κ2) is 5.07. The number of nitrogens with one attached hydrogen (secondary N) is 1. The molecule has 2 fully saturated rings. The van der Waals surface area contributed by atoms with Gasteiger partial charge in [0.2, 0.25) is 0 Å². The minimum atomic E-state index is 0.375. The third kappa shape index (κ3) is 3.11. The van der Waals surface area contributed by atoms with Crippen LogP contribution >= 0.6 is 11.8 Å². The maximum absolute atomic E-state index is 3.70. The zero-order valence-electron chi connectivity index (χ0n) is 10.1. The molecule has 0 aromatic heterocycles. The first kappa shape index (κ1) is 11.7. The fourth-order valence-electron chi connectivity index (χ4n) is 2.80. The van der Waals surface area contributed by atoms with Crippen LogP contribution in [-0.2, 0) is 0 Å². The molecule has 3 heteroatoms. The molecule has 1 N–H and O–H groups in total. The Balaban J connectivity index is 1.83. The van der Waals surface area contributed by atoms with Gasteiger partial charge in [-0.25, -0.2) is 0 Å². The maximum atomic E-state index is 3.70. The molecule has 0 saturated carbocycles. The van der Waals surface area contributed by atoms with Crippen molar-refractivity contribution < 1.29 is 0 Å². The van der Waals surface area contributed by atoms with Crippen molar-refractivity contribution in [2.45, 2.75) is 44.2 Å². The van der Waals surface area contributed by atoms with Gasteiger partial charge in [0.25, 0.3) is 0 Å². The summed E-state index contributed by atoms with van der Waals surface area (Å²) in [6, 6.07) is 0.829. The van der Waals surface area contributed by atoms with Crippen molar-refractivity contribution >= 4 is 11.8 Å². The number of piperidine rings is 1. The van der Waals surface area contributed by atoms with Crippen LogP contribution in [-0.4, -0.2) is 48.1 Å². The topological polar surface area (TPSA) is 15.3 Å². The molecule has 2 rings (SSSR count). The van der Waals surface area contributed by atoms with Crippen molar-refractivity contribution in [1.82, 2.24) is 10.2 Å². The van der Waals surface area contributed by atoms with Gasteiger partial charge in [-0.15, -0.1) is 0 Å². The first-order chi connectivity index (χ1) is 7.20. The van der Waals surface area contributed by atoms with Gasteiger partial charge in [0.05, 0.1) is 0 Å². The lowest BCUT2D eigenvalue weighted by Crippen LogP contribution is -2.54. The van der Waals surface area contributed by atoms with Crippen molar-refractivity contribution in [3.63, 3.8) is 0 Å². The van der Waals surface area contributed by atoms with Gasteiger partial charge < -0.3 is 10.2 Å². The molecule has 0 amide bonds. The van der Waals surface area contributed by atoms with E-state index in [2.05, 4.69) is 35.9 Å². The van der Waals surface area contributed by atoms with Crippen LogP contribution in [0.3, 0.4) is 0 Å². The van der Waals surface area contributed by atoms with Crippen LogP contribution in [0, 0.1) is 0 Å². The summed E-state index contributed by atoms with van der Waals surface area (Å²) in [6.07, 6.45) is 5.49. The third-order valence-electron chi connectivity index (χ3n) is 3.83. The molecule has 2 nitrogen and oxygen atoms in total. The minimum Gasteiger partial charge on any atom is -0.310 e. The number of thioether (sulfide) groups is 1. The SMILES string of the molecule is CN(CC1(C)CCCCN1)C1CCSC1. The fraction of sp³-hybridized carbons (Fsp3) is 1.00. The predicted octanol–water partition coefficient (Wildman–Crippen LogP) is 1.96. The van der Waals surface area contributed by atoms with Crippen LogP contribution in [0.2, 0.25) is 0 Å². The molecule has 0 aromatic rings. The van der Waals surface area contributed by atoms with Crippen LogP contribution in [0.5, 0.6) is 0 Å². The van der Waals surface area contributed by atoms with E-state index in [1.54, 1.807) is 0 Å². The third-order valence-corrected chi connectivity index (χ3v) is 4.98. The Morgan fingerprint density at radius 1 is 1.47 bits per heavy atom. The van der Waals surface area contributed by atoms with Crippen molar-refractivity contribution in [2.24, 2.45) is 0 Å². The Morgan fingerprint density at radius 2 is 2.33 bits per heavy atom. The molecule has 2 aliphatic heterocycles. The summed E-state index contributed by atoms with van der Waals surface area (Å²) in [5.41, 5.74) is 0.375. The van der Waals surface area contributed by atoms with Gasteiger partial charge in [-0.3, -0.25) is 0 Å². The van der Waals surface area contributed by atoms with Crippen molar-refractivity contribution in [2.75, 3.05) is 31.6 Å². The molecule has 0 radical (unpaired) electrons. The van der Waals surface area contributed by atoms with E-state index in [-0.39, 0.29) is 0 Å². The average molecular weight is 228 g/mol. The second-order valence-corrected chi connectivity index (χ2v) is 6.53. The van der Waals surface area contributed by atoms with Crippen molar-refractivity contribution in [3.05, 3.63) is 0 Å². The lowest BCUT2D eigenvalue weighted by atomic mass is 9.90. The summed E-state index contributed by atoms with van der Waals surface area (Å²) in [7, 11) is 2.30. The van der Waals surface area contributed by atoms with Crippen LogP contribution < -0.4 is 5.32 Å². The summed E-state index contributed by atoms with van der Waals surface area (Å²) >= 11 is 2.11. The Hall–Kier alpha value is 0.270. The molecule has 15 heavy (non-hydrogen) atoms. The standard InChI is InChI=1S/C12H24N2S/c1-12(6-3-4-7-13-12)10-14(2)11-5-8-15-9-11/h11,13H,3-10H2,1-2H3. The average Bonchev–Trinajstić information content (AvgIpc) is 2.70. The van der Waals surface area contributed by atoms with Gasteiger partial charge in [-0.05, 0) is 45.5 Å². The first-order valence-corrected chi connectivity index (χ1v) is 7.38. The van der Waals surface area contributed by atoms with E-state index in [0.29, 0.717) is 5.54 Å². The number of nitrogens with zero attached hydrogens (tertiary/aromatic N) is 1. The zero-order valence-corrected chi connectivity index (χ0v) is 10.9. The molecule has 0 aliphatic carbocycles. The molecular formula is C12H24N2S. The van der Waals surface area contributed by atoms with Crippen molar-refractivity contribution in [1.29, 1.82) is 0 Å². The molecule has 2 heterocycles. The largest absolute Gasteiger partial charge is 0.310 e. The van der Waals surface area contributed by atoms with Gasteiger partial charge in [0.15, 0.2) is 0 Å². The highest BCUT2D eigenvalue weighted by molar-refractivity contribution is 7.99. The normalized spacial score (nSPS) is 37.4. The molecule has 2 unspecified atom stereocenters. The summed E-state index contributed by atoms with van der Waals surface area (Å²) in [5, 5.41) is 3.70. The van der Waals surface area contributed by atoms with Crippen LogP contribution in [0.15, 0.2) is 0 Å². The lowest BCUT2D eigenvalue weighted by molar-refractivity contribution is 0.158. The molecule has 0 aromatic carbocycles. The lowest BCUT2D eigenvalue weighted by Gasteiger charge is -2.39. The summed E-state index contributed by atoms with van der Waals surface area (Å²) in [6.45, 7) is 4.83. The first-order valence-electron chi connectivity index (χ1n) is 6.23. The second-order valence-electron chi connectivity index (χ2n) is 5.38. The molecule has 2 aliphatic rings. The van der Waals surface area contributed by atoms with Gasteiger partial charge in [-0.1, -0.05) is 6.42 Å². The van der Waals surface area contributed by atoms with Gasteiger partial charge in [0, 0.05) is 23.9 Å². The monoisotopic (exact) mass is 228 g/mol. The van der Waals surface area contributed by atoms with E-state index in [4.69, 9.17) is 0 Å². The number of hydrogen-bond acceptors (Lipinski definition) is 3. The molecule has 2 atom stereocenters. The van der Waals surface area contributed by atoms with Crippen molar-refractivity contribution in [3.8, 4) is 0 Å². The summed E-state index contributed by atoms with van der Waals surface area (Å²) in [5.74, 6) is 2.70. The van der Waals surface area contributed by atoms with Crippen LogP contribution in [0.25, 0.3) is 0 Å². The zero-order chi connectivity index (χ0) is 10.7. The molecule has 88 valence electrons. The smallest absolute Gasteiger partial charge is 0.0280 e. The molecule has 2 saturated heterocycles. The van der Waals surface area contributed by atoms with E-state index >= 15 is 0 Å². The van der Waals surface area contributed by atoms with Gasteiger partial charge >= 0.3 is 0 Å². The summed E-state index contributed by atoms with van der Waals surface area (Å²) < 4.78 is 0. The fourth-order valence-corrected chi connectivity index (χ4v) is 4.10. The van der Waals surface area contributed by atoms with E-state index in [9.17, 15) is 0 Å². The van der Waals surface area contributed by atoms with E-state index in [1.165, 1.54) is 50.3 Å². The highest BCUT2D eigenvalue weighted by Crippen LogP contribution is 2.25. The number of likely N-dealkylation sites (N-methyl/N-ethyl adjacent to an activating group) is 1. The molecule has 0 spiro atoms. The van der Waals surface area contributed by atoms with E-state index < -0.39 is 0 Å². The van der Waals surface area contributed by atoms with Crippen LogP contribution in [0.4, 0.5) is 0 Å². The summed E-state index contributed by atoms with van der Waals surface area (Å²) in [4.78, 5) is 2.58. The minimum absolute atomic E-state index is 0.375. The highest BCUT2D eigenvalue weighted by atomic mass is 32.2. The Kier molecular flexibility index (Phi) is 3.97. The van der Waals surface area contributed by atoms with E-state index in [0.717, 1.165) is 6.04 Å². The van der Waals surface area contributed by atoms with E-state index in [1.807, 2.05) is 0 Å². The maximum Gasteiger partial charge on any atom is 0.0280 e. The Labute approximate surface area is 98.2 Å². The Bertz CT molecular complexity index is 196.